The molecule has 1 atom stereocenters. The van der Waals surface area contributed by atoms with Crippen LogP contribution in [-0.2, 0) is 35.8 Å². The minimum absolute atomic E-state index is 0.108. The predicted octanol–water partition coefficient (Wildman–Crippen LogP) is 2.66. The Labute approximate surface area is 194 Å². The molecule has 1 amide bonds. The fourth-order valence-electron chi connectivity index (χ4n) is 2.73. The van der Waals surface area contributed by atoms with Crippen molar-refractivity contribution in [3.05, 3.63) is 60.2 Å². The van der Waals surface area contributed by atoms with E-state index in [9.17, 15) is 18.0 Å². The monoisotopic (exact) mass is 478 g/mol. The second-order valence-corrected chi connectivity index (χ2v) is 9.89. The van der Waals surface area contributed by atoms with Crippen LogP contribution >= 0.6 is 0 Å². The Hall–Kier alpha value is -2.95. The standard InChI is InChI=1S/C23H30N2O7S/c1-23(2,3)32-22(27)18(15-21(26)25(4)30-5)24-33(28,29)20-14-10-9-13-19(20)31-16-17-11-7-6-8-12-17/h6-14,18,24H,15-16H2,1-5H3/t18-/m0/s1. The molecule has 0 saturated carbocycles. The minimum Gasteiger partial charge on any atom is -0.487 e. The SMILES string of the molecule is CON(C)C(=O)C[C@H](NS(=O)(=O)c1ccccc1OCc1ccccc1)C(=O)OC(C)(C)C. The first-order valence-corrected chi connectivity index (χ1v) is 11.7. The van der Waals surface area contributed by atoms with Gasteiger partial charge in [-0.3, -0.25) is 14.4 Å². The molecule has 0 bridgehead atoms. The molecule has 0 aliphatic heterocycles. The molecule has 2 aromatic carbocycles. The maximum Gasteiger partial charge on any atom is 0.325 e. The lowest BCUT2D eigenvalue weighted by atomic mass is 10.1. The van der Waals surface area contributed by atoms with Gasteiger partial charge in [-0.05, 0) is 38.5 Å². The van der Waals surface area contributed by atoms with Crippen LogP contribution in [0.1, 0.15) is 32.8 Å². The minimum atomic E-state index is -4.26. The molecular formula is C23H30N2O7S. The van der Waals surface area contributed by atoms with E-state index in [0.29, 0.717) is 0 Å². The van der Waals surface area contributed by atoms with E-state index in [1.807, 2.05) is 30.3 Å². The van der Waals surface area contributed by atoms with Gasteiger partial charge in [0.05, 0.1) is 13.5 Å². The van der Waals surface area contributed by atoms with Gasteiger partial charge in [0.1, 0.15) is 28.9 Å². The van der Waals surface area contributed by atoms with Crippen LogP contribution in [-0.4, -0.2) is 51.2 Å². The van der Waals surface area contributed by atoms with Crippen LogP contribution in [0, 0.1) is 0 Å². The van der Waals surface area contributed by atoms with Gasteiger partial charge in [0, 0.05) is 7.05 Å². The van der Waals surface area contributed by atoms with Crippen molar-refractivity contribution < 1.29 is 32.3 Å². The lowest BCUT2D eigenvalue weighted by Gasteiger charge is -2.25. The normalized spacial score (nSPS) is 12.6. The second kappa shape index (κ2) is 11.3. The summed E-state index contributed by atoms with van der Waals surface area (Å²) in [4.78, 5) is 29.7. The van der Waals surface area contributed by atoms with Crippen molar-refractivity contribution in [3.63, 3.8) is 0 Å². The number of hydrogen-bond acceptors (Lipinski definition) is 7. The number of esters is 1. The predicted molar refractivity (Wildman–Crippen MR) is 122 cm³/mol. The summed E-state index contributed by atoms with van der Waals surface area (Å²) in [5.41, 5.74) is -0.0225. The largest absolute Gasteiger partial charge is 0.487 e. The molecule has 2 rings (SSSR count). The molecule has 0 heterocycles. The number of para-hydroxylation sites is 1. The molecule has 33 heavy (non-hydrogen) atoms. The number of nitrogens with zero attached hydrogens (tertiary/aromatic N) is 1. The fraction of sp³-hybridized carbons (Fsp3) is 0.391. The first kappa shape index (κ1) is 26.3. The van der Waals surface area contributed by atoms with E-state index in [0.717, 1.165) is 10.6 Å². The van der Waals surface area contributed by atoms with Crippen molar-refractivity contribution in [3.8, 4) is 5.75 Å². The molecule has 0 aromatic heterocycles. The van der Waals surface area contributed by atoms with Crippen molar-refractivity contribution in [2.24, 2.45) is 0 Å². The lowest BCUT2D eigenvalue weighted by molar-refractivity contribution is -0.172. The molecule has 0 spiro atoms. The third kappa shape index (κ3) is 8.16. The molecule has 9 nitrogen and oxygen atoms in total. The van der Waals surface area contributed by atoms with Gasteiger partial charge in [0.2, 0.25) is 15.9 Å². The summed E-state index contributed by atoms with van der Waals surface area (Å²) in [7, 11) is -1.62. The van der Waals surface area contributed by atoms with Gasteiger partial charge in [-0.15, -0.1) is 0 Å². The van der Waals surface area contributed by atoms with Crippen LogP contribution in [0.2, 0.25) is 0 Å². The van der Waals surface area contributed by atoms with Gasteiger partial charge in [-0.25, -0.2) is 13.5 Å². The third-order valence-electron chi connectivity index (χ3n) is 4.37. The molecule has 0 radical (unpaired) electrons. The van der Waals surface area contributed by atoms with Crippen molar-refractivity contribution >= 4 is 21.9 Å². The Kier molecular flexibility index (Phi) is 8.98. The van der Waals surface area contributed by atoms with Crippen LogP contribution in [0.5, 0.6) is 5.75 Å². The lowest BCUT2D eigenvalue weighted by Crippen LogP contribution is -2.46. The number of carbonyl (C=O) groups excluding carboxylic acids is 2. The second-order valence-electron chi connectivity index (χ2n) is 8.21. The van der Waals surface area contributed by atoms with Crippen LogP contribution in [0.3, 0.4) is 0 Å². The highest BCUT2D eigenvalue weighted by Crippen LogP contribution is 2.25. The average Bonchev–Trinajstić information content (AvgIpc) is 2.76. The number of rotatable bonds is 10. The molecule has 10 heteroatoms. The molecule has 1 N–H and O–H groups in total. The number of sulfonamides is 1. The van der Waals surface area contributed by atoms with Crippen LogP contribution in [0.15, 0.2) is 59.5 Å². The number of ether oxygens (including phenoxy) is 2. The molecule has 0 unspecified atom stereocenters. The third-order valence-corrected chi connectivity index (χ3v) is 5.88. The van der Waals surface area contributed by atoms with E-state index in [2.05, 4.69) is 4.72 Å². The smallest absolute Gasteiger partial charge is 0.325 e. The molecule has 180 valence electrons. The van der Waals surface area contributed by atoms with E-state index in [4.69, 9.17) is 14.3 Å². The first-order valence-electron chi connectivity index (χ1n) is 10.2. The van der Waals surface area contributed by atoms with Crippen LogP contribution in [0.25, 0.3) is 0 Å². The van der Waals surface area contributed by atoms with Crippen LogP contribution in [0.4, 0.5) is 0 Å². The van der Waals surface area contributed by atoms with Gasteiger partial charge in [-0.1, -0.05) is 42.5 Å². The molecular weight excluding hydrogens is 448 g/mol. The number of nitrogens with one attached hydrogen (secondary N) is 1. The Morgan fingerprint density at radius 3 is 2.24 bits per heavy atom. The van der Waals surface area contributed by atoms with Gasteiger partial charge >= 0.3 is 5.97 Å². The Bertz CT molecular complexity index is 1050. The summed E-state index contributed by atoms with van der Waals surface area (Å²) in [6, 6.07) is 13.9. The highest BCUT2D eigenvalue weighted by Gasteiger charge is 2.33. The quantitative estimate of drug-likeness (QED) is 0.413. The highest BCUT2D eigenvalue weighted by molar-refractivity contribution is 7.89. The van der Waals surface area contributed by atoms with E-state index < -0.39 is 40.0 Å². The number of benzene rings is 2. The molecule has 0 saturated heterocycles. The Morgan fingerprint density at radius 1 is 1.03 bits per heavy atom. The average molecular weight is 479 g/mol. The van der Waals surface area contributed by atoms with Gasteiger partial charge < -0.3 is 9.47 Å². The summed E-state index contributed by atoms with van der Waals surface area (Å²) in [5, 5.41) is 0.905. The summed E-state index contributed by atoms with van der Waals surface area (Å²) in [5.74, 6) is -1.38. The zero-order valence-electron chi connectivity index (χ0n) is 19.4. The fourth-order valence-corrected chi connectivity index (χ4v) is 4.06. The number of amides is 1. The summed E-state index contributed by atoms with van der Waals surface area (Å²) in [6.45, 7) is 5.09. The van der Waals surface area contributed by atoms with Gasteiger partial charge in [0.15, 0.2) is 0 Å². The number of hydrogen-bond donors (Lipinski definition) is 1. The van der Waals surface area contributed by atoms with E-state index in [1.54, 1.807) is 26.8 Å². The van der Waals surface area contributed by atoms with Gasteiger partial charge in [-0.2, -0.15) is 4.72 Å². The zero-order valence-corrected chi connectivity index (χ0v) is 20.2. The Balaban J connectivity index is 2.29. The zero-order chi connectivity index (χ0) is 24.6. The summed E-state index contributed by atoms with van der Waals surface area (Å²) < 4.78 is 39.8. The van der Waals surface area contributed by atoms with Gasteiger partial charge in [0.25, 0.3) is 0 Å². The first-order chi connectivity index (χ1) is 15.4. The molecule has 0 aliphatic carbocycles. The van der Waals surface area contributed by atoms with Crippen molar-refractivity contribution in [1.82, 2.24) is 9.79 Å². The number of hydroxylamine groups is 2. The molecule has 0 fully saturated rings. The highest BCUT2D eigenvalue weighted by atomic mass is 32.2. The van der Waals surface area contributed by atoms with Crippen molar-refractivity contribution in [1.29, 1.82) is 0 Å². The van der Waals surface area contributed by atoms with Crippen molar-refractivity contribution in [2.75, 3.05) is 14.2 Å². The molecule has 2 aromatic rings. The topological polar surface area (TPSA) is 111 Å². The van der Waals surface area contributed by atoms with E-state index in [1.165, 1.54) is 32.4 Å². The Morgan fingerprint density at radius 2 is 1.64 bits per heavy atom. The maximum absolute atomic E-state index is 13.2. The summed E-state index contributed by atoms with van der Waals surface area (Å²) >= 11 is 0. The summed E-state index contributed by atoms with van der Waals surface area (Å²) in [6.07, 6.45) is -0.495. The number of carbonyl (C=O) groups is 2. The van der Waals surface area contributed by atoms with E-state index >= 15 is 0 Å². The molecule has 0 aliphatic rings. The van der Waals surface area contributed by atoms with E-state index in [-0.39, 0.29) is 17.3 Å². The maximum atomic E-state index is 13.2. The van der Waals surface area contributed by atoms with Crippen molar-refractivity contribution in [2.45, 2.75) is 50.3 Å². The van der Waals surface area contributed by atoms with Crippen LogP contribution < -0.4 is 9.46 Å².